The lowest BCUT2D eigenvalue weighted by molar-refractivity contribution is 0.229. The summed E-state index contributed by atoms with van der Waals surface area (Å²) in [7, 11) is -1.54. The second kappa shape index (κ2) is 4.56. The molecule has 1 unspecified atom stereocenters. The van der Waals surface area contributed by atoms with Gasteiger partial charge in [0.05, 0.1) is 0 Å². The molecule has 0 heterocycles. The first-order valence-electron chi connectivity index (χ1n) is 6.12. The molecule has 0 amide bonds. The van der Waals surface area contributed by atoms with E-state index in [2.05, 4.69) is 33.9 Å². The Morgan fingerprint density at radius 1 is 1.27 bits per heavy atom. The minimum Gasteiger partial charge on any atom is -0.417 e. The van der Waals surface area contributed by atoms with Crippen molar-refractivity contribution in [3.05, 3.63) is 0 Å². The molecule has 1 fully saturated rings. The van der Waals surface area contributed by atoms with Gasteiger partial charge in [0.25, 0.3) is 0 Å². The van der Waals surface area contributed by atoms with E-state index >= 15 is 0 Å². The van der Waals surface area contributed by atoms with Crippen molar-refractivity contribution in [2.45, 2.75) is 64.2 Å². The molecule has 3 heteroatoms. The SMILES string of the molecule is CC(C)(C)[Si](C)(C)OCC1CC[C@H](N)C1. The van der Waals surface area contributed by atoms with Gasteiger partial charge in [0, 0.05) is 12.6 Å². The third kappa shape index (κ3) is 3.57. The van der Waals surface area contributed by atoms with Crippen molar-refractivity contribution in [1.29, 1.82) is 0 Å². The monoisotopic (exact) mass is 229 g/mol. The molecule has 0 saturated heterocycles. The van der Waals surface area contributed by atoms with E-state index in [1.54, 1.807) is 0 Å². The van der Waals surface area contributed by atoms with Crippen molar-refractivity contribution in [2.75, 3.05) is 6.61 Å². The van der Waals surface area contributed by atoms with Crippen molar-refractivity contribution in [2.24, 2.45) is 11.7 Å². The van der Waals surface area contributed by atoms with E-state index in [0.717, 1.165) is 13.0 Å². The summed E-state index contributed by atoms with van der Waals surface area (Å²) in [6.07, 6.45) is 3.61. The van der Waals surface area contributed by atoms with Crippen LogP contribution in [0.4, 0.5) is 0 Å². The molecule has 0 spiro atoms. The summed E-state index contributed by atoms with van der Waals surface area (Å²) in [6.45, 7) is 12.5. The number of hydrogen-bond acceptors (Lipinski definition) is 2. The average Bonchev–Trinajstić information content (AvgIpc) is 2.46. The lowest BCUT2D eigenvalue weighted by Crippen LogP contribution is -2.41. The Balaban J connectivity index is 2.36. The van der Waals surface area contributed by atoms with Crippen LogP contribution in [0.3, 0.4) is 0 Å². The van der Waals surface area contributed by atoms with Crippen molar-refractivity contribution < 1.29 is 4.43 Å². The molecule has 0 aromatic carbocycles. The van der Waals surface area contributed by atoms with Crippen LogP contribution in [-0.2, 0) is 4.43 Å². The normalized spacial score (nSPS) is 28.4. The Bertz CT molecular complexity index is 210. The van der Waals surface area contributed by atoms with Crippen molar-refractivity contribution in [3.63, 3.8) is 0 Å². The molecule has 1 saturated carbocycles. The fourth-order valence-electron chi connectivity index (χ4n) is 1.81. The Kier molecular flexibility index (Phi) is 4.01. The topological polar surface area (TPSA) is 35.2 Å². The quantitative estimate of drug-likeness (QED) is 0.755. The van der Waals surface area contributed by atoms with Gasteiger partial charge in [-0.2, -0.15) is 0 Å². The maximum absolute atomic E-state index is 6.21. The van der Waals surface area contributed by atoms with Crippen LogP contribution in [0, 0.1) is 5.92 Å². The van der Waals surface area contributed by atoms with E-state index in [4.69, 9.17) is 10.2 Å². The average molecular weight is 229 g/mol. The summed E-state index contributed by atoms with van der Waals surface area (Å²) in [5.74, 6) is 0.717. The van der Waals surface area contributed by atoms with Crippen molar-refractivity contribution in [1.82, 2.24) is 0 Å². The van der Waals surface area contributed by atoms with Gasteiger partial charge in [-0.3, -0.25) is 0 Å². The van der Waals surface area contributed by atoms with Crippen molar-refractivity contribution in [3.8, 4) is 0 Å². The van der Waals surface area contributed by atoms with Gasteiger partial charge in [-0.25, -0.2) is 0 Å². The Morgan fingerprint density at radius 2 is 1.87 bits per heavy atom. The van der Waals surface area contributed by atoms with Crippen molar-refractivity contribution >= 4 is 8.32 Å². The summed E-state index contributed by atoms with van der Waals surface area (Å²) in [6, 6.07) is 0.429. The summed E-state index contributed by atoms with van der Waals surface area (Å²) in [5, 5.41) is 0.327. The highest BCUT2D eigenvalue weighted by Crippen LogP contribution is 2.37. The Hall–Kier alpha value is 0.137. The van der Waals surface area contributed by atoms with E-state index in [1.807, 2.05) is 0 Å². The first-order chi connectivity index (χ1) is 6.72. The maximum atomic E-state index is 6.21. The molecule has 1 aliphatic carbocycles. The smallest absolute Gasteiger partial charge is 0.191 e. The summed E-state index contributed by atoms with van der Waals surface area (Å²) >= 11 is 0. The third-order valence-electron chi connectivity index (χ3n) is 4.07. The van der Waals surface area contributed by atoms with E-state index < -0.39 is 8.32 Å². The molecule has 15 heavy (non-hydrogen) atoms. The lowest BCUT2D eigenvalue weighted by atomic mass is 10.1. The Labute approximate surface area is 95.7 Å². The fraction of sp³-hybridized carbons (Fsp3) is 1.00. The molecular formula is C12H27NOSi. The molecule has 1 rings (SSSR count). The highest BCUT2D eigenvalue weighted by molar-refractivity contribution is 6.74. The highest BCUT2D eigenvalue weighted by atomic mass is 28.4. The molecular weight excluding hydrogens is 202 g/mol. The van der Waals surface area contributed by atoms with E-state index in [0.29, 0.717) is 17.0 Å². The van der Waals surface area contributed by atoms with Crippen LogP contribution in [0.1, 0.15) is 40.0 Å². The molecule has 0 aliphatic heterocycles. The molecule has 2 atom stereocenters. The second-order valence-corrected chi connectivity index (χ2v) is 11.3. The predicted octanol–water partition coefficient (Wildman–Crippen LogP) is 3.14. The van der Waals surface area contributed by atoms with Gasteiger partial charge in [-0.1, -0.05) is 20.8 Å². The summed E-state index contributed by atoms with van der Waals surface area (Å²) < 4.78 is 6.21. The molecule has 1 aliphatic rings. The number of nitrogens with two attached hydrogens (primary N) is 1. The van der Waals surface area contributed by atoms with Crippen LogP contribution < -0.4 is 5.73 Å². The van der Waals surface area contributed by atoms with Crippen LogP contribution in [-0.4, -0.2) is 21.0 Å². The molecule has 0 bridgehead atoms. The molecule has 0 aromatic heterocycles. The largest absolute Gasteiger partial charge is 0.417 e. The van der Waals surface area contributed by atoms with Gasteiger partial charge < -0.3 is 10.2 Å². The summed E-state index contributed by atoms with van der Waals surface area (Å²) in [5.41, 5.74) is 5.91. The molecule has 0 aromatic rings. The van der Waals surface area contributed by atoms with Crippen LogP contribution >= 0.6 is 0 Å². The highest BCUT2D eigenvalue weighted by Gasteiger charge is 2.38. The summed E-state index contributed by atoms with van der Waals surface area (Å²) in [4.78, 5) is 0. The zero-order valence-electron chi connectivity index (χ0n) is 11.0. The van der Waals surface area contributed by atoms with E-state index in [-0.39, 0.29) is 0 Å². The predicted molar refractivity (Wildman–Crippen MR) is 68.5 cm³/mol. The van der Waals surface area contributed by atoms with Gasteiger partial charge in [0.2, 0.25) is 0 Å². The Morgan fingerprint density at radius 3 is 2.27 bits per heavy atom. The van der Waals surface area contributed by atoms with Gasteiger partial charge >= 0.3 is 0 Å². The lowest BCUT2D eigenvalue weighted by Gasteiger charge is -2.37. The minimum absolute atomic E-state index is 0.327. The zero-order valence-corrected chi connectivity index (χ0v) is 12.0. The van der Waals surface area contributed by atoms with E-state index in [9.17, 15) is 0 Å². The van der Waals surface area contributed by atoms with Gasteiger partial charge in [-0.05, 0) is 43.3 Å². The molecule has 0 radical (unpaired) electrons. The number of hydrogen-bond donors (Lipinski definition) is 1. The van der Waals surface area contributed by atoms with E-state index in [1.165, 1.54) is 12.8 Å². The van der Waals surface area contributed by atoms with Crippen LogP contribution in [0.25, 0.3) is 0 Å². The molecule has 90 valence electrons. The minimum atomic E-state index is -1.54. The van der Waals surface area contributed by atoms with Gasteiger partial charge in [0.1, 0.15) is 0 Å². The standard InChI is InChI=1S/C12H27NOSi/c1-12(2,3)15(4,5)14-9-10-6-7-11(13)8-10/h10-11H,6-9,13H2,1-5H3/t10?,11-/m0/s1. The fourth-order valence-corrected chi connectivity index (χ4v) is 2.89. The maximum Gasteiger partial charge on any atom is 0.191 e. The second-order valence-electron chi connectivity index (χ2n) is 6.51. The number of rotatable bonds is 3. The zero-order chi connectivity index (χ0) is 11.7. The molecule has 2 N–H and O–H groups in total. The van der Waals surface area contributed by atoms with Crippen LogP contribution in [0.5, 0.6) is 0 Å². The van der Waals surface area contributed by atoms with Gasteiger partial charge in [0.15, 0.2) is 8.32 Å². The first kappa shape index (κ1) is 13.2. The van der Waals surface area contributed by atoms with Gasteiger partial charge in [-0.15, -0.1) is 0 Å². The molecule has 2 nitrogen and oxygen atoms in total. The van der Waals surface area contributed by atoms with Crippen LogP contribution in [0.15, 0.2) is 0 Å². The van der Waals surface area contributed by atoms with Crippen LogP contribution in [0.2, 0.25) is 18.1 Å². The first-order valence-corrected chi connectivity index (χ1v) is 9.03. The third-order valence-corrected chi connectivity index (χ3v) is 8.57.